The number of ether oxygens (including phenoxy) is 6. The normalized spacial score (nSPS) is 14.4. The number of rotatable bonds is 2. The zero-order chi connectivity index (χ0) is 40.6. The van der Waals surface area contributed by atoms with Gasteiger partial charge in [-0.2, -0.15) is 0 Å². The molecule has 12 rings (SSSR count). The highest BCUT2D eigenvalue weighted by atomic mass is 16.5. The molecule has 0 aliphatic carbocycles. The van der Waals surface area contributed by atoms with Gasteiger partial charge in [-0.05, 0) is 72.8 Å². The number of methoxy groups -OCH3 is 2. The number of phenolic OH excluding ortho intramolecular Hbond substituents is 2. The van der Waals surface area contributed by atoms with Gasteiger partial charge in [0, 0.05) is 22.3 Å². The standard InChI is InChI=1S/C27H20O4.C25H16O4/c1-28-21-13-7-15-23-25(21)27(17-9-3-5-11-19(17)30-23)18-10-4-6-12-20(18)31-24-16-8-14-22(29-2)26(24)27;26-17-9-5-13-21-23(17)25(15-7-1-3-11-19(15)28-21)16-8-2-4-12-20(16)29-22-14-6-10-18(27)24(22)25/h3-16H,1-2H3;1-14,26-27H. The molecule has 2 spiro atoms. The van der Waals surface area contributed by atoms with Gasteiger partial charge in [0.05, 0.1) is 47.3 Å². The van der Waals surface area contributed by atoms with Crippen molar-refractivity contribution in [2.75, 3.05) is 14.2 Å². The molecule has 0 amide bonds. The summed E-state index contributed by atoms with van der Waals surface area (Å²) in [6.45, 7) is 0. The Bertz CT molecular complexity index is 2820. The van der Waals surface area contributed by atoms with Crippen molar-refractivity contribution in [1.82, 2.24) is 0 Å². The lowest BCUT2D eigenvalue weighted by molar-refractivity contribution is 0.353. The highest BCUT2D eigenvalue weighted by Gasteiger charge is 2.55. The monoisotopic (exact) mass is 788 g/mol. The summed E-state index contributed by atoms with van der Waals surface area (Å²) in [5, 5.41) is 22.1. The second kappa shape index (κ2) is 13.4. The van der Waals surface area contributed by atoms with Crippen LogP contribution in [0.5, 0.6) is 69.0 Å². The first-order valence-electron chi connectivity index (χ1n) is 19.6. The zero-order valence-corrected chi connectivity index (χ0v) is 32.5. The third kappa shape index (κ3) is 4.73. The Balaban J connectivity index is 0.000000136. The number of benzene rings is 8. The third-order valence-corrected chi connectivity index (χ3v) is 12.0. The van der Waals surface area contributed by atoms with Gasteiger partial charge in [-0.25, -0.2) is 0 Å². The molecule has 0 bridgehead atoms. The molecule has 8 heteroatoms. The van der Waals surface area contributed by atoms with Crippen LogP contribution < -0.4 is 28.4 Å². The van der Waals surface area contributed by atoms with Crippen LogP contribution in [-0.2, 0) is 10.8 Å². The summed E-state index contributed by atoms with van der Waals surface area (Å²) in [6.07, 6.45) is 0. The highest BCUT2D eigenvalue weighted by Crippen LogP contribution is 2.66. The number of aromatic hydroxyl groups is 2. The van der Waals surface area contributed by atoms with Crippen molar-refractivity contribution >= 4 is 0 Å². The molecular weight excluding hydrogens is 753 g/mol. The van der Waals surface area contributed by atoms with E-state index in [9.17, 15) is 10.2 Å². The predicted octanol–water partition coefficient (Wildman–Crippen LogP) is 12.0. The smallest absolute Gasteiger partial charge is 0.135 e. The molecule has 0 unspecified atom stereocenters. The fourth-order valence-corrected chi connectivity index (χ4v) is 9.79. The molecule has 2 N–H and O–H groups in total. The average Bonchev–Trinajstić information content (AvgIpc) is 3.28. The van der Waals surface area contributed by atoms with Crippen molar-refractivity contribution in [3.63, 3.8) is 0 Å². The largest absolute Gasteiger partial charge is 0.507 e. The van der Waals surface area contributed by atoms with E-state index in [-0.39, 0.29) is 11.5 Å². The van der Waals surface area contributed by atoms with Gasteiger partial charge in [-0.1, -0.05) is 97.1 Å². The zero-order valence-electron chi connectivity index (χ0n) is 32.5. The fraction of sp³-hybridized carbons (Fsp3) is 0.0769. The molecule has 8 aromatic rings. The predicted molar refractivity (Wildman–Crippen MR) is 226 cm³/mol. The SMILES string of the molecule is COc1cccc2c1C1(c3ccccc3O2)c2ccccc2Oc2cccc(OC)c21.Oc1cccc2c1C1(c3ccccc3O2)c2ccccc2Oc2cccc(O)c21. The molecule has 60 heavy (non-hydrogen) atoms. The minimum absolute atomic E-state index is 0.0999. The molecule has 0 radical (unpaired) electrons. The number of fused-ring (bicyclic) bond motifs is 16. The van der Waals surface area contributed by atoms with Crippen LogP contribution in [0.3, 0.4) is 0 Å². The minimum atomic E-state index is -0.981. The molecule has 4 heterocycles. The van der Waals surface area contributed by atoms with Gasteiger partial charge >= 0.3 is 0 Å². The van der Waals surface area contributed by atoms with E-state index in [0.717, 1.165) is 67.9 Å². The van der Waals surface area contributed by atoms with E-state index in [2.05, 4.69) is 12.1 Å². The van der Waals surface area contributed by atoms with Crippen LogP contribution in [0.15, 0.2) is 170 Å². The molecule has 0 atom stereocenters. The van der Waals surface area contributed by atoms with E-state index in [1.54, 1.807) is 38.5 Å². The molecule has 4 aliphatic heterocycles. The van der Waals surface area contributed by atoms with Gasteiger partial charge in [-0.3, -0.25) is 0 Å². The van der Waals surface area contributed by atoms with E-state index < -0.39 is 10.8 Å². The first-order valence-corrected chi connectivity index (χ1v) is 19.6. The molecule has 0 aromatic heterocycles. The van der Waals surface area contributed by atoms with Crippen LogP contribution in [0.4, 0.5) is 0 Å². The summed E-state index contributed by atoms with van der Waals surface area (Å²) in [6, 6.07) is 54.1. The molecule has 4 aliphatic rings. The Hall–Kier alpha value is -7.84. The molecule has 0 fully saturated rings. The second-order valence-electron chi connectivity index (χ2n) is 14.9. The van der Waals surface area contributed by atoms with Crippen LogP contribution >= 0.6 is 0 Å². The Morgan fingerprint density at radius 1 is 0.317 bits per heavy atom. The third-order valence-electron chi connectivity index (χ3n) is 12.0. The van der Waals surface area contributed by atoms with E-state index in [4.69, 9.17) is 28.4 Å². The Morgan fingerprint density at radius 3 is 0.917 bits per heavy atom. The van der Waals surface area contributed by atoms with Gasteiger partial charge in [0.15, 0.2) is 0 Å². The lowest BCUT2D eigenvalue weighted by atomic mass is 9.62. The summed E-state index contributed by atoms with van der Waals surface area (Å²) >= 11 is 0. The van der Waals surface area contributed by atoms with Gasteiger partial charge < -0.3 is 38.6 Å². The second-order valence-corrected chi connectivity index (χ2v) is 14.9. The van der Waals surface area contributed by atoms with Crippen molar-refractivity contribution < 1.29 is 38.6 Å². The Labute approximate surface area is 346 Å². The van der Waals surface area contributed by atoms with Gasteiger partial charge in [0.2, 0.25) is 0 Å². The molecule has 0 saturated heterocycles. The first-order chi connectivity index (χ1) is 29.5. The topological polar surface area (TPSA) is 95.8 Å². The molecule has 292 valence electrons. The van der Waals surface area contributed by atoms with Crippen molar-refractivity contribution in [2.45, 2.75) is 10.8 Å². The van der Waals surface area contributed by atoms with Crippen LogP contribution in [0.25, 0.3) is 0 Å². The van der Waals surface area contributed by atoms with Gasteiger partial charge in [0.25, 0.3) is 0 Å². The van der Waals surface area contributed by atoms with E-state index in [1.165, 1.54) is 0 Å². The molecule has 8 aromatic carbocycles. The van der Waals surface area contributed by atoms with Crippen molar-refractivity contribution in [2.24, 2.45) is 0 Å². The van der Waals surface area contributed by atoms with Crippen LogP contribution in [0, 0.1) is 0 Å². The maximum atomic E-state index is 11.0. The van der Waals surface area contributed by atoms with Crippen molar-refractivity contribution in [1.29, 1.82) is 0 Å². The fourth-order valence-electron chi connectivity index (χ4n) is 9.79. The lowest BCUT2D eigenvalue weighted by Crippen LogP contribution is -2.37. The summed E-state index contributed by atoms with van der Waals surface area (Å²) in [7, 11) is 3.39. The summed E-state index contributed by atoms with van der Waals surface area (Å²) in [5.41, 5.74) is 5.09. The maximum absolute atomic E-state index is 11.0. The number of phenols is 2. The average molecular weight is 789 g/mol. The molecular formula is C52H36O8. The van der Waals surface area contributed by atoms with Crippen LogP contribution in [0.1, 0.15) is 44.5 Å². The van der Waals surface area contributed by atoms with Crippen molar-refractivity contribution in [3.05, 3.63) is 214 Å². The van der Waals surface area contributed by atoms with E-state index in [1.807, 2.05) is 133 Å². The van der Waals surface area contributed by atoms with Gasteiger partial charge in [-0.15, -0.1) is 0 Å². The maximum Gasteiger partial charge on any atom is 0.135 e. The van der Waals surface area contributed by atoms with Gasteiger partial charge in [0.1, 0.15) is 69.0 Å². The molecule has 8 nitrogen and oxygen atoms in total. The summed E-state index contributed by atoms with van der Waals surface area (Å²) in [5.74, 6) is 7.27. The minimum Gasteiger partial charge on any atom is -0.507 e. The summed E-state index contributed by atoms with van der Waals surface area (Å²) in [4.78, 5) is 0. The van der Waals surface area contributed by atoms with E-state index >= 15 is 0 Å². The number of hydrogen-bond acceptors (Lipinski definition) is 8. The highest BCUT2D eigenvalue weighted by molar-refractivity contribution is 5.81. The Kier molecular flexibility index (Phi) is 7.87. The number of para-hydroxylation sites is 4. The Morgan fingerprint density at radius 2 is 0.583 bits per heavy atom. The quantitative estimate of drug-likeness (QED) is 0.179. The molecule has 0 saturated carbocycles. The number of hydrogen-bond donors (Lipinski definition) is 2. The van der Waals surface area contributed by atoms with Crippen molar-refractivity contribution in [3.8, 4) is 69.0 Å². The lowest BCUT2D eigenvalue weighted by Gasteiger charge is -2.45. The van der Waals surface area contributed by atoms with E-state index in [0.29, 0.717) is 34.1 Å². The first kappa shape index (κ1) is 35.3. The van der Waals surface area contributed by atoms with Crippen LogP contribution in [0.2, 0.25) is 0 Å². The van der Waals surface area contributed by atoms with Crippen LogP contribution in [-0.4, -0.2) is 24.4 Å². The summed E-state index contributed by atoms with van der Waals surface area (Å²) < 4.78 is 36.9.